The maximum Gasteiger partial charge on any atom is 0.231 e. The van der Waals surface area contributed by atoms with Gasteiger partial charge < -0.3 is 5.32 Å². The Morgan fingerprint density at radius 1 is 1.48 bits per heavy atom. The molecule has 1 amide bonds. The Balaban J connectivity index is 1.71. The van der Waals surface area contributed by atoms with Crippen molar-refractivity contribution < 1.29 is 4.79 Å². The zero-order valence-corrected chi connectivity index (χ0v) is 16.6. The molecule has 140 valence electrons. The number of amides is 1. The van der Waals surface area contributed by atoms with Crippen LogP contribution in [0.5, 0.6) is 0 Å². The molecule has 0 saturated heterocycles. The van der Waals surface area contributed by atoms with E-state index in [2.05, 4.69) is 28.2 Å². The summed E-state index contributed by atoms with van der Waals surface area (Å²) < 4.78 is 1.90. The van der Waals surface area contributed by atoms with Crippen molar-refractivity contribution in [2.45, 2.75) is 37.0 Å². The Morgan fingerprint density at radius 2 is 2.19 bits per heavy atom. The van der Waals surface area contributed by atoms with Crippen molar-refractivity contribution in [1.29, 1.82) is 5.26 Å². The molecule has 1 N–H and O–H groups in total. The number of hydrogen-bond acceptors (Lipinski definition) is 5. The van der Waals surface area contributed by atoms with E-state index in [-0.39, 0.29) is 17.6 Å². The van der Waals surface area contributed by atoms with E-state index in [0.29, 0.717) is 22.5 Å². The molecule has 0 radical (unpaired) electrons. The fraction of sp³-hybridized carbons (Fsp3) is 0.368. The van der Waals surface area contributed by atoms with Crippen LogP contribution in [0.25, 0.3) is 11.4 Å². The van der Waals surface area contributed by atoms with E-state index in [4.69, 9.17) is 11.6 Å². The summed E-state index contributed by atoms with van der Waals surface area (Å²) in [4.78, 5) is 12.3. The number of nitriles is 1. The summed E-state index contributed by atoms with van der Waals surface area (Å²) >= 11 is 7.24. The minimum absolute atomic E-state index is 0.167. The molecule has 1 fully saturated rings. The van der Waals surface area contributed by atoms with Gasteiger partial charge in [0.05, 0.1) is 11.8 Å². The standard InChI is InChI=1S/C19H20ClN5OS/c1-3-10-25-17(13-4-8-15(20)9-5-13)23-24-18(25)27-11-16(26)22-19(2,12-21)14-6-7-14/h3-5,8-9,14H,1,6-7,10-11H2,2H3,(H,22,26)/t19-/m0/s1. The molecule has 1 aromatic carbocycles. The van der Waals surface area contributed by atoms with Crippen molar-refractivity contribution in [3.05, 3.63) is 41.9 Å². The van der Waals surface area contributed by atoms with E-state index >= 15 is 0 Å². The van der Waals surface area contributed by atoms with Gasteiger partial charge in [-0.15, -0.1) is 16.8 Å². The van der Waals surface area contributed by atoms with Crippen molar-refractivity contribution in [3.8, 4) is 17.5 Å². The quantitative estimate of drug-likeness (QED) is 0.538. The van der Waals surface area contributed by atoms with Gasteiger partial charge in [0.15, 0.2) is 11.0 Å². The van der Waals surface area contributed by atoms with Gasteiger partial charge in [-0.25, -0.2) is 0 Å². The van der Waals surface area contributed by atoms with Crippen LogP contribution in [-0.2, 0) is 11.3 Å². The average Bonchev–Trinajstić information content (AvgIpc) is 3.44. The molecule has 1 saturated carbocycles. The Kier molecular flexibility index (Phi) is 5.88. The smallest absolute Gasteiger partial charge is 0.231 e. The predicted molar refractivity (Wildman–Crippen MR) is 106 cm³/mol. The molecule has 2 aromatic rings. The number of aromatic nitrogens is 3. The highest BCUT2D eigenvalue weighted by molar-refractivity contribution is 7.99. The highest BCUT2D eigenvalue weighted by atomic mass is 35.5. The van der Waals surface area contributed by atoms with Gasteiger partial charge in [-0.1, -0.05) is 29.4 Å². The monoisotopic (exact) mass is 401 g/mol. The summed E-state index contributed by atoms with van der Waals surface area (Å²) in [5, 5.41) is 22.0. The van der Waals surface area contributed by atoms with Gasteiger partial charge in [0.1, 0.15) is 5.54 Å². The predicted octanol–water partition coefficient (Wildman–Crippen LogP) is 3.69. The molecule has 0 unspecified atom stereocenters. The summed E-state index contributed by atoms with van der Waals surface area (Å²) in [6.45, 7) is 6.09. The van der Waals surface area contributed by atoms with E-state index < -0.39 is 5.54 Å². The van der Waals surface area contributed by atoms with Crippen LogP contribution in [0.3, 0.4) is 0 Å². The topological polar surface area (TPSA) is 83.6 Å². The van der Waals surface area contributed by atoms with Gasteiger partial charge in [-0.2, -0.15) is 5.26 Å². The first-order chi connectivity index (χ1) is 13.0. The normalized spacial score (nSPS) is 15.6. The van der Waals surface area contributed by atoms with Crippen LogP contribution in [0, 0.1) is 17.2 Å². The van der Waals surface area contributed by atoms with Gasteiger partial charge in [-0.05, 0) is 49.9 Å². The molecule has 1 atom stereocenters. The van der Waals surface area contributed by atoms with Crippen LogP contribution in [0.4, 0.5) is 0 Å². The number of hydrogen-bond donors (Lipinski definition) is 1. The molecule has 6 nitrogen and oxygen atoms in total. The Hall–Kier alpha value is -2.30. The highest BCUT2D eigenvalue weighted by Crippen LogP contribution is 2.39. The largest absolute Gasteiger partial charge is 0.337 e. The number of carbonyl (C=O) groups excluding carboxylic acids is 1. The highest BCUT2D eigenvalue weighted by Gasteiger charge is 2.42. The lowest BCUT2D eigenvalue weighted by molar-refractivity contribution is -0.119. The average molecular weight is 402 g/mol. The molecule has 8 heteroatoms. The second-order valence-corrected chi connectivity index (χ2v) is 8.02. The molecule has 27 heavy (non-hydrogen) atoms. The third-order valence-corrected chi connectivity index (χ3v) is 5.71. The molecular weight excluding hydrogens is 382 g/mol. The second-order valence-electron chi connectivity index (χ2n) is 6.64. The van der Waals surface area contributed by atoms with Crippen molar-refractivity contribution in [2.24, 2.45) is 5.92 Å². The number of nitrogens with zero attached hydrogens (tertiary/aromatic N) is 4. The van der Waals surface area contributed by atoms with Gasteiger partial charge >= 0.3 is 0 Å². The maximum absolute atomic E-state index is 12.3. The molecule has 0 aliphatic heterocycles. The minimum atomic E-state index is -0.791. The van der Waals surface area contributed by atoms with E-state index in [1.165, 1.54) is 11.8 Å². The second kappa shape index (κ2) is 8.15. The lowest BCUT2D eigenvalue weighted by atomic mass is 9.98. The number of benzene rings is 1. The van der Waals surface area contributed by atoms with Crippen molar-refractivity contribution >= 4 is 29.3 Å². The Bertz CT molecular complexity index is 884. The van der Waals surface area contributed by atoms with Crippen LogP contribution in [0.1, 0.15) is 19.8 Å². The number of carbonyl (C=O) groups is 1. The van der Waals surface area contributed by atoms with Crippen LogP contribution in [0.15, 0.2) is 42.1 Å². The third kappa shape index (κ3) is 4.52. The first kappa shape index (κ1) is 19.5. The molecule has 0 spiro atoms. The minimum Gasteiger partial charge on any atom is -0.337 e. The molecule has 1 aliphatic rings. The van der Waals surface area contributed by atoms with Crippen LogP contribution in [0.2, 0.25) is 5.02 Å². The molecule has 1 aromatic heterocycles. The Labute approximate surface area is 167 Å². The molecule has 0 bridgehead atoms. The van der Waals surface area contributed by atoms with E-state index in [1.807, 2.05) is 16.7 Å². The maximum atomic E-state index is 12.3. The number of rotatable bonds is 8. The van der Waals surface area contributed by atoms with Gasteiger partial charge in [0.25, 0.3) is 0 Å². The van der Waals surface area contributed by atoms with Gasteiger partial charge in [-0.3, -0.25) is 9.36 Å². The zero-order valence-electron chi connectivity index (χ0n) is 15.0. The molecule has 1 aliphatic carbocycles. The van der Waals surface area contributed by atoms with Crippen LogP contribution >= 0.6 is 23.4 Å². The number of nitrogens with one attached hydrogen (secondary N) is 1. The van der Waals surface area contributed by atoms with E-state index in [0.717, 1.165) is 18.4 Å². The van der Waals surface area contributed by atoms with Crippen LogP contribution < -0.4 is 5.32 Å². The van der Waals surface area contributed by atoms with Crippen molar-refractivity contribution in [2.75, 3.05) is 5.75 Å². The summed E-state index contributed by atoms with van der Waals surface area (Å²) in [6, 6.07) is 9.58. The third-order valence-electron chi connectivity index (χ3n) is 4.49. The van der Waals surface area contributed by atoms with Crippen LogP contribution in [-0.4, -0.2) is 32.0 Å². The molecule has 1 heterocycles. The van der Waals surface area contributed by atoms with Crippen molar-refractivity contribution in [1.82, 2.24) is 20.1 Å². The fourth-order valence-electron chi connectivity index (χ4n) is 2.84. The summed E-state index contributed by atoms with van der Waals surface area (Å²) in [5.41, 5.74) is 0.0943. The lowest BCUT2D eigenvalue weighted by Gasteiger charge is -2.22. The first-order valence-electron chi connectivity index (χ1n) is 8.62. The van der Waals surface area contributed by atoms with E-state index in [9.17, 15) is 10.1 Å². The van der Waals surface area contributed by atoms with Gasteiger partial charge in [0.2, 0.25) is 5.91 Å². The van der Waals surface area contributed by atoms with E-state index in [1.54, 1.807) is 25.1 Å². The summed E-state index contributed by atoms with van der Waals surface area (Å²) in [6.07, 6.45) is 3.72. The fourth-order valence-corrected chi connectivity index (χ4v) is 3.71. The molecular formula is C19H20ClN5OS. The van der Waals surface area contributed by atoms with Gasteiger partial charge in [0, 0.05) is 17.1 Å². The number of halogens is 1. The number of allylic oxidation sites excluding steroid dienone is 1. The van der Waals surface area contributed by atoms with Crippen molar-refractivity contribution in [3.63, 3.8) is 0 Å². The molecule has 3 rings (SSSR count). The summed E-state index contributed by atoms with van der Waals surface area (Å²) in [5.74, 6) is 0.920. The lowest BCUT2D eigenvalue weighted by Crippen LogP contribution is -2.47. The Morgan fingerprint density at radius 3 is 2.78 bits per heavy atom. The first-order valence-corrected chi connectivity index (χ1v) is 9.98. The zero-order chi connectivity index (χ0) is 19.4. The SMILES string of the molecule is C=CCn1c(SCC(=O)N[C@@](C)(C#N)C2CC2)nnc1-c1ccc(Cl)cc1. The summed E-state index contributed by atoms with van der Waals surface area (Å²) in [7, 11) is 0. The number of thioether (sulfide) groups is 1.